The molecule has 0 amide bonds. The summed E-state index contributed by atoms with van der Waals surface area (Å²) in [5.74, 6) is -1.09. The second-order valence-electron chi connectivity index (χ2n) is 5.46. The molecule has 2 aromatic rings. The van der Waals surface area contributed by atoms with Crippen LogP contribution in [0.25, 0.3) is 6.08 Å². The van der Waals surface area contributed by atoms with Gasteiger partial charge in [-0.3, -0.25) is 4.79 Å². The van der Waals surface area contributed by atoms with Crippen LogP contribution in [0.3, 0.4) is 0 Å². The maximum atomic E-state index is 12.3. The largest absolute Gasteiger partial charge is 0.565 e. The smallest absolute Gasteiger partial charge is 0.343 e. The number of methoxy groups -OCH3 is 1. The number of rotatable bonds is 6. The number of allylic oxidation sites excluding steroid dienone is 1. The van der Waals surface area contributed by atoms with E-state index >= 15 is 0 Å². The molecule has 8 heteroatoms. The quantitative estimate of drug-likeness (QED) is 0.284. The molecule has 27 heavy (non-hydrogen) atoms. The van der Waals surface area contributed by atoms with Gasteiger partial charge in [0, 0.05) is 46.9 Å². The molecule has 139 valence electrons. The van der Waals surface area contributed by atoms with Crippen LogP contribution in [-0.4, -0.2) is 35.1 Å². The second kappa shape index (κ2) is 10.2. The van der Waals surface area contributed by atoms with Crippen LogP contribution in [-0.2, 0) is 16.6 Å². The van der Waals surface area contributed by atoms with E-state index < -0.39 is 17.3 Å². The van der Waals surface area contributed by atoms with Crippen LogP contribution in [0.5, 0.6) is 11.5 Å². The van der Waals surface area contributed by atoms with Crippen molar-refractivity contribution in [2.24, 2.45) is 7.05 Å². The van der Waals surface area contributed by atoms with Crippen molar-refractivity contribution in [3.05, 3.63) is 63.6 Å². The Labute approximate surface area is 184 Å². The molecule has 7 nitrogen and oxygen atoms in total. The van der Waals surface area contributed by atoms with Gasteiger partial charge in [0.15, 0.2) is 12.4 Å². The number of aryl methyl sites for hydroxylation is 2. The van der Waals surface area contributed by atoms with E-state index in [1.807, 2.05) is 0 Å². The Kier molecular flexibility index (Phi) is 8.69. The van der Waals surface area contributed by atoms with Gasteiger partial charge in [-0.25, -0.2) is 4.79 Å². The van der Waals surface area contributed by atoms with Gasteiger partial charge in [-0.1, -0.05) is 31.3 Å². The minimum Gasteiger partial charge on any atom is -0.565 e. The van der Waals surface area contributed by atoms with E-state index in [0.29, 0.717) is 16.9 Å². The van der Waals surface area contributed by atoms with Crippen molar-refractivity contribution in [2.45, 2.75) is 6.92 Å². The molecule has 0 saturated heterocycles. The fourth-order valence-electron chi connectivity index (χ4n) is 2.20. The fourth-order valence-corrected chi connectivity index (χ4v) is 2.20. The molecule has 1 radical (unpaired) electrons. The van der Waals surface area contributed by atoms with Crippen LogP contribution in [0.2, 0.25) is 0 Å². The van der Waals surface area contributed by atoms with E-state index in [4.69, 9.17) is 4.74 Å². The average molecular weight is 495 g/mol. The summed E-state index contributed by atoms with van der Waals surface area (Å²) >= 11 is 0. The predicted octanol–water partition coefficient (Wildman–Crippen LogP) is 1.65. The maximum Gasteiger partial charge on any atom is 0.343 e. The molecule has 2 rings (SSSR count). The number of aromatic nitrogens is 1. The van der Waals surface area contributed by atoms with Crippen molar-refractivity contribution in [2.75, 3.05) is 13.7 Å². The minimum atomic E-state index is -0.627. The Morgan fingerprint density at radius 2 is 2.04 bits per heavy atom. The number of aromatic hydroxyl groups is 1. The third-order valence-electron chi connectivity index (χ3n) is 3.56. The molecule has 0 fully saturated rings. The van der Waals surface area contributed by atoms with Gasteiger partial charge in [0.05, 0.1) is 7.11 Å². The maximum absolute atomic E-state index is 12.3. The molecule has 0 aliphatic carbocycles. The van der Waals surface area contributed by atoms with E-state index in [1.54, 1.807) is 31.2 Å². The molecular formula is C19H18LaNO6-. The van der Waals surface area contributed by atoms with Gasteiger partial charge >= 0.3 is 5.97 Å². The molecular weight excluding hydrogens is 477 g/mol. The summed E-state index contributed by atoms with van der Waals surface area (Å²) in [6, 6.07) is 6.68. The van der Waals surface area contributed by atoms with Crippen LogP contribution >= 0.6 is 0 Å². The Morgan fingerprint density at radius 1 is 1.33 bits per heavy atom. The Hall–Kier alpha value is -2.16. The number of ketones is 1. The minimum absolute atomic E-state index is 0. The zero-order valence-corrected chi connectivity index (χ0v) is 18.8. The number of carbonyl (C=O) groups is 2. The van der Waals surface area contributed by atoms with Gasteiger partial charge in [-0.05, 0) is 30.8 Å². The van der Waals surface area contributed by atoms with Gasteiger partial charge in [0.1, 0.15) is 11.3 Å². The molecule has 1 aromatic carbocycles. The van der Waals surface area contributed by atoms with Crippen molar-refractivity contribution in [3.8, 4) is 11.5 Å². The number of ether oxygens (including phenoxy) is 2. The summed E-state index contributed by atoms with van der Waals surface area (Å²) in [6.07, 6.45) is 5.31. The van der Waals surface area contributed by atoms with E-state index in [9.17, 15) is 19.5 Å². The number of pyridine rings is 1. The second-order valence-corrected chi connectivity index (χ2v) is 5.46. The SMILES string of the molecule is COC(=O)COc1cccc(/C=C/C(=O)c2c(O)c(C)[c-]n(C)c2=O)c1.[La]. The van der Waals surface area contributed by atoms with Crippen molar-refractivity contribution >= 4 is 17.8 Å². The van der Waals surface area contributed by atoms with E-state index in [0.717, 1.165) is 4.57 Å². The summed E-state index contributed by atoms with van der Waals surface area (Å²) in [7, 11) is 2.72. The van der Waals surface area contributed by atoms with Crippen LogP contribution in [0.15, 0.2) is 35.1 Å². The molecule has 0 bridgehead atoms. The number of carbonyl (C=O) groups excluding carboxylic acids is 2. The third kappa shape index (κ3) is 5.92. The summed E-state index contributed by atoms with van der Waals surface area (Å²) in [4.78, 5) is 35.5. The van der Waals surface area contributed by atoms with E-state index in [-0.39, 0.29) is 53.5 Å². The van der Waals surface area contributed by atoms with Crippen LogP contribution in [0.1, 0.15) is 21.5 Å². The topological polar surface area (TPSA) is 94.8 Å². The summed E-state index contributed by atoms with van der Waals surface area (Å²) in [5.41, 5.74) is -0.00527. The molecule has 1 aromatic heterocycles. The number of hydrogen-bond donors (Lipinski definition) is 1. The first kappa shape index (κ1) is 22.9. The fraction of sp³-hybridized carbons (Fsp3) is 0.211. The van der Waals surface area contributed by atoms with Crippen LogP contribution < -0.4 is 10.3 Å². The van der Waals surface area contributed by atoms with Crippen LogP contribution in [0.4, 0.5) is 0 Å². The Balaban J connectivity index is 0.00000364. The molecule has 0 aliphatic heterocycles. The Morgan fingerprint density at radius 3 is 2.70 bits per heavy atom. The van der Waals surface area contributed by atoms with Crippen molar-refractivity contribution < 1.29 is 59.8 Å². The molecule has 0 spiro atoms. The van der Waals surface area contributed by atoms with Gasteiger partial charge in [0.25, 0.3) is 0 Å². The van der Waals surface area contributed by atoms with Gasteiger partial charge < -0.3 is 23.9 Å². The standard InChI is InChI=1S/C19H18NO6.La/c1-12-10-20(2)19(24)17(18(12)23)15(21)8-7-13-5-4-6-14(9-13)26-11-16(22)25-3;/h4-9,23H,11H2,1-3H3;/q-1;/b8-7+;. The predicted molar refractivity (Wildman–Crippen MR) is 94.2 cm³/mol. The molecule has 0 unspecified atom stereocenters. The third-order valence-corrected chi connectivity index (χ3v) is 3.56. The van der Waals surface area contributed by atoms with E-state index in [2.05, 4.69) is 10.9 Å². The number of benzene rings is 1. The van der Waals surface area contributed by atoms with Crippen molar-refractivity contribution in [1.82, 2.24) is 4.57 Å². The number of esters is 1. The average Bonchev–Trinajstić information content (AvgIpc) is 2.63. The molecule has 0 aliphatic rings. The first-order valence-electron chi connectivity index (χ1n) is 7.67. The van der Waals surface area contributed by atoms with E-state index in [1.165, 1.54) is 26.3 Å². The van der Waals surface area contributed by atoms with Crippen molar-refractivity contribution in [1.29, 1.82) is 0 Å². The summed E-state index contributed by atoms with van der Waals surface area (Å²) in [6.45, 7) is 1.32. The zero-order valence-electron chi connectivity index (χ0n) is 15.2. The molecule has 0 atom stereocenters. The van der Waals surface area contributed by atoms with Crippen LogP contribution in [0, 0.1) is 48.7 Å². The summed E-state index contributed by atoms with van der Waals surface area (Å²) in [5, 5.41) is 10.00. The number of nitrogens with zero attached hydrogens (tertiary/aromatic N) is 1. The number of hydrogen-bond acceptors (Lipinski definition) is 6. The summed E-state index contributed by atoms with van der Waals surface area (Å²) < 4.78 is 10.9. The normalized spacial score (nSPS) is 10.3. The molecule has 0 saturated carbocycles. The van der Waals surface area contributed by atoms with Gasteiger partial charge in [-0.2, -0.15) is 0 Å². The zero-order chi connectivity index (χ0) is 19.3. The monoisotopic (exact) mass is 495 g/mol. The molecule has 1 N–H and O–H groups in total. The molecule has 1 heterocycles. The van der Waals surface area contributed by atoms with Gasteiger partial charge in [0.2, 0.25) is 0 Å². The van der Waals surface area contributed by atoms with Gasteiger partial charge in [-0.15, -0.1) is 5.56 Å². The van der Waals surface area contributed by atoms with Crippen molar-refractivity contribution in [3.63, 3.8) is 0 Å². The first-order chi connectivity index (χ1) is 12.3. The Bertz CT molecular complexity index is 932. The first-order valence-corrected chi connectivity index (χ1v) is 7.67.